The van der Waals surface area contributed by atoms with Crippen molar-refractivity contribution in [2.45, 2.75) is 34.0 Å². The lowest BCUT2D eigenvalue weighted by atomic mass is 9.87. The highest BCUT2D eigenvalue weighted by molar-refractivity contribution is 6.12. The van der Waals surface area contributed by atoms with Gasteiger partial charge in [-0.05, 0) is 47.5 Å². The first kappa shape index (κ1) is 18.1. The second kappa shape index (κ2) is 9.01. The van der Waals surface area contributed by atoms with Gasteiger partial charge in [0.15, 0.2) is 0 Å². The summed E-state index contributed by atoms with van der Waals surface area (Å²) in [4.78, 5) is 8.99. The molecule has 0 radical (unpaired) electrons. The number of benzene rings is 4. The Bertz CT molecular complexity index is 1940. The largest absolute Gasteiger partial charge is 0.455 e. The molecule has 0 N–H and O–H groups in total. The quantitative estimate of drug-likeness (QED) is 0.249. The average molecular weight is 488 g/mol. The first-order valence-electron chi connectivity index (χ1n) is 14.8. The molecule has 0 aliphatic rings. The van der Waals surface area contributed by atoms with Gasteiger partial charge in [-0.3, -0.25) is 0 Å². The highest BCUT2D eigenvalue weighted by atomic mass is 16.3. The number of aromatic nitrogens is 2. The van der Waals surface area contributed by atoms with E-state index in [2.05, 4.69) is 22.1 Å². The summed E-state index contributed by atoms with van der Waals surface area (Å²) in [6, 6.07) is 28.7. The fourth-order valence-electron chi connectivity index (χ4n) is 4.80. The van der Waals surface area contributed by atoms with E-state index in [1.807, 2.05) is 54.6 Å². The SMILES string of the molecule is [2H]C([2H])([2H])c1cc(C([2H])([2H])C(C)(C)C)ccc1-c1cc(-c2cccc3c2oc2c(-c4ccccc4)cccc23)ncn1. The van der Waals surface area contributed by atoms with Crippen molar-refractivity contribution in [3.8, 4) is 33.6 Å². The van der Waals surface area contributed by atoms with E-state index in [0.29, 0.717) is 28.1 Å². The molecule has 2 aromatic heterocycles. The molecule has 182 valence electrons. The van der Waals surface area contributed by atoms with Crippen molar-refractivity contribution >= 4 is 21.9 Å². The normalized spacial score (nSPS) is 14.6. The van der Waals surface area contributed by atoms with Gasteiger partial charge in [0.1, 0.15) is 17.5 Å². The standard InChI is InChI=1S/C34H30N2O/c1-22-18-23(20-34(2,3)4)16-17-25(22)30-19-31(36-21-35-30)29-15-9-14-28-27-13-8-12-26(32(27)37-33(28)29)24-10-6-5-7-11-24/h5-19,21H,20H2,1-4H3/i1D3,20D2. The van der Waals surface area contributed by atoms with Crippen LogP contribution in [0.5, 0.6) is 0 Å². The molecule has 0 saturated heterocycles. The van der Waals surface area contributed by atoms with Gasteiger partial charge in [0.05, 0.1) is 11.4 Å². The molecule has 0 saturated carbocycles. The van der Waals surface area contributed by atoms with Crippen molar-refractivity contribution in [2.75, 3.05) is 0 Å². The van der Waals surface area contributed by atoms with Crippen molar-refractivity contribution in [1.29, 1.82) is 0 Å². The smallest absolute Gasteiger partial charge is 0.144 e. The number of hydrogen-bond donors (Lipinski definition) is 0. The third-order valence-electron chi connectivity index (χ3n) is 6.37. The van der Waals surface area contributed by atoms with E-state index in [4.69, 9.17) is 11.3 Å². The van der Waals surface area contributed by atoms with E-state index in [9.17, 15) is 0 Å². The zero-order valence-electron chi connectivity index (χ0n) is 26.0. The lowest BCUT2D eigenvalue weighted by Gasteiger charge is -2.19. The zero-order valence-corrected chi connectivity index (χ0v) is 21.0. The molecular formula is C34H30N2O. The van der Waals surface area contributed by atoms with Crippen LogP contribution in [0.25, 0.3) is 55.6 Å². The summed E-state index contributed by atoms with van der Waals surface area (Å²) in [5.41, 5.74) is 5.38. The van der Waals surface area contributed by atoms with Crippen LogP contribution in [-0.4, -0.2) is 9.97 Å². The Morgan fingerprint density at radius 2 is 1.41 bits per heavy atom. The van der Waals surface area contributed by atoms with Crippen LogP contribution in [0.15, 0.2) is 102 Å². The molecule has 0 bridgehead atoms. The molecule has 3 nitrogen and oxygen atoms in total. The zero-order chi connectivity index (χ0) is 29.9. The maximum atomic E-state index is 8.68. The monoisotopic (exact) mass is 487 g/mol. The Labute approximate surface area is 224 Å². The molecule has 3 heteroatoms. The predicted molar refractivity (Wildman–Crippen MR) is 154 cm³/mol. The van der Waals surface area contributed by atoms with E-state index >= 15 is 0 Å². The number of aryl methyl sites for hydroxylation is 1. The van der Waals surface area contributed by atoms with Crippen molar-refractivity contribution in [2.24, 2.45) is 5.41 Å². The second-order valence-electron chi connectivity index (χ2n) is 10.3. The second-order valence-corrected chi connectivity index (χ2v) is 10.3. The highest BCUT2D eigenvalue weighted by Crippen LogP contribution is 2.39. The summed E-state index contributed by atoms with van der Waals surface area (Å²) in [5.74, 6) is 0. The Morgan fingerprint density at radius 1 is 0.730 bits per heavy atom. The lowest BCUT2D eigenvalue weighted by Crippen LogP contribution is -2.09. The molecule has 2 heterocycles. The Kier molecular flexibility index (Phi) is 4.40. The summed E-state index contributed by atoms with van der Waals surface area (Å²) >= 11 is 0. The molecule has 0 amide bonds. The number of rotatable bonds is 4. The molecule has 4 aromatic carbocycles. The van der Waals surface area contributed by atoms with Crippen LogP contribution in [0.2, 0.25) is 0 Å². The van der Waals surface area contributed by atoms with Gasteiger partial charge in [0.25, 0.3) is 0 Å². The van der Waals surface area contributed by atoms with Crippen molar-refractivity contribution in [1.82, 2.24) is 9.97 Å². The van der Waals surface area contributed by atoms with Gasteiger partial charge in [-0.2, -0.15) is 0 Å². The number of nitrogens with zero attached hydrogens (tertiary/aromatic N) is 2. The molecule has 0 aliphatic heterocycles. The molecule has 0 atom stereocenters. The molecule has 0 fully saturated rings. The number of fused-ring (bicyclic) bond motifs is 3. The van der Waals surface area contributed by atoms with Gasteiger partial charge in [-0.25, -0.2) is 9.97 Å². The third-order valence-corrected chi connectivity index (χ3v) is 6.37. The maximum absolute atomic E-state index is 8.68. The van der Waals surface area contributed by atoms with Crippen LogP contribution in [-0.2, 0) is 6.37 Å². The fourth-order valence-corrected chi connectivity index (χ4v) is 4.80. The van der Waals surface area contributed by atoms with Crippen LogP contribution in [0.1, 0.15) is 38.8 Å². The van der Waals surface area contributed by atoms with Crippen LogP contribution < -0.4 is 0 Å². The summed E-state index contributed by atoms with van der Waals surface area (Å²) in [5, 5.41) is 1.95. The van der Waals surface area contributed by atoms with Gasteiger partial charge >= 0.3 is 0 Å². The van der Waals surface area contributed by atoms with Crippen LogP contribution in [0, 0.1) is 12.3 Å². The van der Waals surface area contributed by atoms with E-state index in [-0.39, 0.29) is 5.56 Å². The minimum Gasteiger partial charge on any atom is -0.455 e. The summed E-state index contributed by atoms with van der Waals surface area (Å²) in [6.07, 6.45) is -0.314. The van der Waals surface area contributed by atoms with Crippen molar-refractivity contribution in [3.05, 3.63) is 108 Å². The van der Waals surface area contributed by atoms with Crippen LogP contribution in [0.4, 0.5) is 0 Å². The van der Waals surface area contributed by atoms with E-state index in [1.165, 1.54) is 12.4 Å². The molecule has 0 unspecified atom stereocenters. The Balaban J connectivity index is 1.51. The van der Waals surface area contributed by atoms with Gasteiger partial charge in [0, 0.05) is 34.3 Å². The van der Waals surface area contributed by atoms with Gasteiger partial charge in [0.2, 0.25) is 0 Å². The highest BCUT2D eigenvalue weighted by Gasteiger charge is 2.17. The predicted octanol–water partition coefficient (Wildman–Crippen LogP) is 9.27. The minimum atomic E-state index is -2.48. The summed E-state index contributed by atoms with van der Waals surface area (Å²) in [7, 11) is 0. The number of hydrogen-bond acceptors (Lipinski definition) is 3. The van der Waals surface area contributed by atoms with Gasteiger partial charge in [-0.15, -0.1) is 0 Å². The molecule has 6 aromatic rings. The minimum absolute atomic E-state index is 0.0484. The molecule has 37 heavy (non-hydrogen) atoms. The first-order valence-corrected chi connectivity index (χ1v) is 12.3. The lowest BCUT2D eigenvalue weighted by molar-refractivity contribution is 0.411. The average Bonchev–Trinajstić information content (AvgIpc) is 3.35. The maximum Gasteiger partial charge on any atom is 0.144 e. The molecule has 6 rings (SSSR count). The van der Waals surface area contributed by atoms with Gasteiger partial charge in [-0.1, -0.05) is 99.6 Å². The van der Waals surface area contributed by atoms with E-state index < -0.39 is 18.6 Å². The molecule has 0 spiro atoms. The fraction of sp³-hybridized carbons (Fsp3) is 0.176. The van der Waals surface area contributed by atoms with Crippen molar-refractivity contribution < 1.29 is 11.3 Å². The van der Waals surface area contributed by atoms with E-state index in [0.717, 1.165) is 33.0 Å². The summed E-state index contributed by atoms with van der Waals surface area (Å²) in [6.45, 7) is 2.92. The Morgan fingerprint density at radius 3 is 2.11 bits per heavy atom. The first-order chi connectivity index (χ1) is 19.9. The topological polar surface area (TPSA) is 38.9 Å². The number of para-hydroxylation sites is 2. The van der Waals surface area contributed by atoms with Crippen LogP contribution in [0.3, 0.4) is 0 Å². The van der Waals surface area contributed by atoms with Crippen LogP contribution >= 0.6 is 0 Å². The summed E-state index contributed by atoms with van der Waals surface area (Å²) < 4.78 is 48.7. The molecule has 0 aliphatic carbocycles. The third kappa shape index (κ3) is 4.42. The van der Waals surface area contributed by atoms with Crippen molar-refractivity contribution in [3.63, 3.8) is 0 Å². The number of furan rings is 1. The van der Waals surface area contributed by atoms with Gasteiger partial charge < -0.3 is 4.42 Å². The molecular weight excluding hydrogens is 452 g/mol. The Hall–Kier alpha value is -4.24. The van der Waals surface area contributed by atoms with E-state index in [1.54, 1.807) is 39.0 Å².